The maximum absolute atomic E-state index is 12.6. The number of rotatable bonds is 8. The molecule has 0 aliphatic heterocycles. The first-order valence-corrected chi connectivity index (χ1v) is 12.6. The maximum atomic E-state index is 12.6. The molecular weight excluding hydrogens is 440 g/mol. The molecule has 1 fully saturated rings. The van der Waals surface area contributed by atoms with Gasteiger partial charge in [-0.15, -0.1) is 10.2 Å². The number of hydrogen-bond donors (Lipinski definition) is 1. The Kier molecular flexibility index (Phi) is 7.87. The molecule has 0 radical (unpaired) electrons. The second-order valence-electron chi connectivity index (χ2n) is 8.50. The summed E-state index contributed by atoms with van der Waals surface area (Å²) in [6.45, 7) is 2.87. The van der Waals surface area contributed by atoms with Crippen LogP contribution in [-0.4, -0.2) is 32.5 Å². The van der Waals surface area contributed by atoms with Crippen LogP contribution in [-0.2, 0) is 17.8 Å². The molecule has 0 bridgehead atoms. The van der Waals surface area contributed by atoms with Gasteiger partial charge < -0.3 is 9.88 Å². The molecule has 1 aliphatic rings. The fraction of sp³-hybridized carbons (Fsp3) is 0.400. The summed E-state index contributed by atoms with van der Waals surface area (Å²) in [4.78, 5) is 12.6. The first-order chi connectivity index (χ1) is 15.6. The Bertz CT molecular complexity index is 1020. The van der Waals surface area contributed by atoms with E-state index in [2.05, 4.69) is 39.1 Å². The van der Waals surface area contributed by atoms with Gasteiger partial charge >= 0.3 is 0 Å². The minimum absolute atomic E-state index is 0.0689. The number of thioether (sulfide) groups is 1. The van der Waals surface area contributed by atoms with Crippen LogP contribution >= 0.6 is 23.4 Å². The Labute approximate surface area is 199 Å². The highest BCUT2D eigenvalue weighted by Gasteiger charge is 2.23. The highest BCUT2D eigenvalue weighted by molar-refractivity contribution is 7.99. The van der Waals surface area contributed by atoms with Gasteiger partial charge in [0, 0.05) is 17.5 Å². The van der Waals surface area contributed by atoms with Crippen molar-refractivity contribution in [1.82, 2.24) is 20.1 Å². The third kappa shape index (κ3) is 6.14. The van der Waals surface area contributed by atoms with Gasteiger partial charge in [-0.1, -0.05) is 85.6 Å². The minimum Gasteiger partial charge on any atom is -0.352 e. The van der Waals surface area contributed by atoms with Crippen LogP contribution in [0.1, 0.15) is 49.6 Å². The van der Waals surface area contributed by atoms with Crippen molar-refractivity contribution in [3.8, 4) is 0 Å². The Hall–Kier alpha value is -2.31. The molecule has 168 valence electrons. The van der Waals surface area contributed by atoms with Gasteiger partial charge in [0.1, 0.15) is 5.82 Å². The van der Waals surface area contributed by atoms with Gasteiger partial charge in [-0.2, -0.15) is 0 Å². The summed E-state index contributed by atoms with van der Waals surface area (Å²) in [5, 5.41) is 13.6. The highest BCUT2D eigenvalue weighted by atomic mass is 35.5. The number of halogens is 1. The van der Waals surface area contributed by atoms with Crippen LogP contribution in [0, 0.1) is 5.92 Å². The van der Waals surface area contributed by atoms with Crippen molar-refractivity contribution in [3.05, 3.63) is 76.6 Å². The summed E-state index contributed by atoms with van der Waals surface area (Å²) in [6, 6.07) is 18.4. The molecule has 7 heteroatoms. The van der Waals surface area contributed by atoms with Gasteiger partial charge in [-0.05, 0) is 42.0 Å². The Morgan fingerprint density at radius 2 is 1.81 bits per heavy atom. The molecule has 4 rings (SSSR count). The Morgan fingerprint density at radius 1 is 1.06 bits per heavy atom. The molecule has 1 aromatic heterocycles. The number of amides is 1. The predicted molar refractivity (Wildman–Crippen MR) is 130 cm³/mol. The predicted octanol–water partition coefficient (Wildman–Crippen LogP) is 5.36. The summed E-state index contributed by atoms with van der Waals surface area (Å²) >= 11 is 7.51. The van der Waals surface area contributed by atoms with Crippen molar-refractivity contribution < 1.29 is 4.79 Å². The van der Waals surface area contributed by atoms with Gasteiger partial charge in [0.05, 0.1) is 12.3 Å². The van der Waals surface area contributed by atoms with E-state index in [9.17, 15) is 4.79 Å². The first-order valence-electron chi connectivity index (χ1n) is 11.2. The molecular formula is C25H29ClN4OS. The zero-order chi connectivity index (χ0) is 22.3. The number of benzene rings is 2. The fourth-order valence-electron chi connectivity index (χ4n) is 4.18. The summed E-state index contributed by atoms with van der Waals surface area (Å²) in [6.07, 6.45) is 5.41. The second kappa shape index (κ2) is 11.0. The van der Waals surface area contributed by atoms with E-state index in [4.69, 9.17) is 11.6 Å². The molecule has 0 unspecified atom stereocenters. The lowest BCUT2D eigenvalue weighted by molar-refractivity contribution is -0.119. The molecule has 2 aromatic carbocycles. The van der Waals surface area contributed by atoms with E-state index in [-0.39, 0.29) is 11.9 Å². The average molecular weight is 469 g/mol. The zero-order valence-electron chi connectivity index (χ0n) is 18.3. The molecule has 2 atom stereocenters. The van der Waals surface area contributed by atoms with Gasteiger partial charge in [0.25, 0.3) is 0 Å². The fourth-order valence-corrected chi connectivity index (χ4v) is 5.07. The number of nitrogens with one attached hydrogen (secondary N) is 1. The molecule has 0 spiro atoms. The molecule has 32 heavy (non-hydrogen) atoms. The SMILES string of the molecule is C[C@H]1CCCC[C@H]1NC(=O)CSc1nnc(Cc2ccccc2)n1Cc1ccc(Cl)cc1. The summed E-state index contributed by atoms with van der Waals surface area (Å²) < 4.78 is 2.11. The molecule has 0 saturated heterocycles. The van der Waals surface area contributed by atoms with Gasteiger partial charge in [0.15, 0.2) is 5.16 Å². The lowest BCUT2D eigenvalue weighted by atomic mass is 9.86. The van der Waals surface area contributed by atoms with Gasteiger partial charge in [-0.25, -0.2) is 0 Å². The van der Waals surface area contributed by atoms with Crippen LogP contribution in [0.4, 0.5) is 0 Å². The number of carbonyl (C=O) groups excluding carboxylic acids is 1. The lowest BCUT2D eigenvalue weighted by Crippen LogP contribution is -2.41. The van der Waals surface area contributed by atoms with Crippen molar-refractivity contribution in [2.24, 2.45) is 5.92 Å². The molecule has 1 N–H and O–H groups in total. The van der Waals surface area contributed by atoms with Gasteiger partial charge in [-0.3, -0.25) is 4.79 Å². The lowest BCUT2D eigenvalue weighted by Gasteiger charge is -2.29. The standard InChI is InChI=1S/C25H29ClN4OS/c1-18-7-5-6-10-22(18)27-24(31)17-32-25-29-28-23(15-19-8-3-2-4-9-19)30(25)16-20-11-13-21(26)14-12-20/h2-4,8-9,11-14,18,22H,5-7,10,15-17H2,1H3,(H,27,31)/t18-,22+/m0/s1. The van der Waals surface area contributed by atoms with Crippen molar-refractivity contribution in [3.63, 3.8) is 0 Å². The zero-order valence-corrected chi connectivity index (χ0v) is 19.9. The quantitative estimate of drug-likeness (QED) is 0.452. The van der Waals surface area contributed by atoms with Crippen LogP contribution < -0.4 is 5.32 Å². The van der Waals surface area contributed by atoms with E-state index >= 15 is 0 Å². The maximum Gasteiger partial charge on any atom is 0.230 e. The van der Waals surface area contributed by atoms with E-state index in [1.54, 1.807) is 0 Å². The van der Waals surface area contributed by atoms with Crippen LogP contribution in [0.25, 0.3) is 0 Å². The minimum atomic E-state index is 0.0689. The van der Waals surface area contributed by atoms with E-state index in [1.165, 1.54) is 36.6 Å². The van der Waals surface area contributed by atoms with Crippen LogP contribution in [0.5, 0.6) is 0 Å². The largest absolute Gasteiger partial charge is 0.352 e. The Balaban J connectivity index is 1.47. The monoisotopic (exact) mass is 468 g/mol. The molecule has 1 amide bonds. The smallest absolute Gasteiger partial charge is 0.230 e. The number of hydrogen-bond acceptors (Lipinski definition) is 4. The van der Waals surface area contributed by atoms with Crippen molar-refractivity contribution in [2.75, 3.05) is 5.75 Å². The normalized spacial score (nSPS) is 18.4. The summed E-state index contributed by atoms with van der Waals surface area (Å²) in [5.74, 6) is 1.84. The van der Waals surface area contributed by atoms with Crippen LogP contribution in [0.3, 0.4) is 0 Å². The molecule has 1 heterocycles. The summed E-state index contributed by atoms with van der Waals surface area (Å²) in [7, 11) is 0. The number of carbonyl (C=O) groups is 1. The topological polar surface area (TPSA) is 59.8 Å². The average Bonchev–Trinajstić information content (AvgIpc) is 3.17. The van der Waals surface area contributed by atoms with Gasteiger partial charge in [0.2, 0.25) is 5.91 Å². The first kappa shape index (κ1) is 22.9. The van der Waals surface area contributed by atoms with E-state index < -0.39 is 0 Å². The summed E-state index contributed by atoms with van der Waals surface area (Å²) in [5.41, 5.74) is 2.30. The van der Waals surface area contributed by atoms with E-state index in [1.807, 2.05) is 42.5 Å². The molecule has 1 aliphatic carbocycles. The third-order valence-electron chi connectivity index (χ3n) is 6.04. The number of nitrogens with zero attached hydrogens (tertiary/aromatic N) is 3. The molecule has 3 aromatic rings. The van der Waals surface area contributed by atoms with E-state index in [0.29, 0.717) is 29.7 Å². The van der Waals surface area contributed by atoms with Crippen LogP contribution in [0.15, 0.2) is 59.8 Å². The number of aromatic nitrogens is 3. The van der Waals surface area contributed by atoms with Crippen molar-refractivity contribution in [2.45, 2.75) is 56.8 Å². The molecule has 5 nitrogen and oxygen atoms in total. The van der Waals surface area contributed by atoms with Crippen molar-refractivity contribution in [1.29, 1.82) is 0 Å². The highest BCUT2D eigenvalue weighted by Crippen LogP contribution is 2.25. The van der Waals surface area contributed by atoms with E-state index in [0.717, 1.165) is 23.0 Å². The third-order valence-corrected chi connectivity index (χ3v) is 7.26. The van der Waals surface area contributed by atoms with Crippen molar-refractivity contribution >= 4 is 29.3 Å². The van der Waals surface area contributed by atoms with Crippen LogP contribution in [0.2, 0.25) is 5.02 Å². The second-order valence-corrected chi connectivity index (χ2v) is 9.88. The Morgan fingerprint density at radius 3 is 2.56 bits per heavy atom. The molecule has 1 saturated carbocycles.